The maximum atomic E-state index is 12.7. The molecule has 2 fully saturated rings. The maximum Gasteiger partial charge on any atom is 0.251 e. The average Bonchev–Trinajstić information content (AvgIpc) is 3.46. The molecule has 138 valence electrons. The number of amides is 1. The first-order chi connectivity index (χ1) is 12.2. The van der Waals surface area contributed by atoms with Crippen molar-refractivity contribution in [3.05, 3.63) is 29.8 Å². The van der Waals surface area contributed by atoms with Crippen molar-refractivity contribution in [1.82, 2.24) is 10.6 Å². The fourth-order valence-electron chi connectivity index (χ4n) is 3.76. The van der Waals surface area contributed by atoms with Crippen LogP contribution in [-0.4, -0.2) is 32.1 Å². The molecule has 3 rings (SSSR count). The highest BCUT2D eigenvalue weighted by Crippen LogP contribution is 2.30. The van der Waals surface area contributed by atoms with Crippen LogP contribution < -0.4 is 15.4 Å². The zero-order valence-electron chi connectivity index (χ0n) is 15.4. The van der Waals surface area contributed by atoms with E-state index in [0.29, 0.717) is 11.5 Å². The number of hydrogen-bond acceptors (Lipinski definition) is 3. The summed E-state index contributed by atoms with van der Waals surface area (Å²) in [4.78, 5) is 12.7. The highest BCUT2D eigenvalue weighted by molar-refractivity contribution is 5.94. The molecule has 0 unspecified atom stereocenters. The normalized spacial score (nSPS) is 19.4. The second-order valence-corrected chi connectivity index (χ2v) is 7.75. The Bertz CT molecular complexity index is 551. The third-order valence-corrected chi connectivity index (χ3v) is 5.41. The van der Waals surface area contributed by atoms with Crippen molar-refractivity contribution in [2.75, 3.05) is 20.2 Å². The summed E-state index contributed by atoms with van der Waals surface area (Å²) in [5, 5.41) is 6.45. The Hall–Kier alpha value is -1.55. The van der Waals surface area contributed by atoms with E-state index in [1.54, 1.807) is 0 Å². The van der Waals surface area contributed by atoms with Crippen LogP contribution in [0.2, 0.25) is 0 Å². The molecule has 0 radical (unpaired) electrons. The van der Waals surface area contributed by atoms with Crippen LogP contribution in [0.25, 0.3) is 0 Å². The van der Waals surface area contributed by atoms with Crippen molar-refractivity contribution >= 4 is 5.91 Å². The summed E-state index contributed by atoms with van der Waals surface area (Å²) in [5.74, 6) is 2.28. The van der Waals surface area contributed by atoms with Gasteiger partial charge in [-0.25, -0.2) is 0 Å². The number of carbonyl (C=O) groups is 1. The predicted molar refractivity (Wildman–Crippen MR) is 101 cm³/mol. The van der Waals surface area contributed by atoms with Crippen molar-refractivity contribution < 1.29 is 9.53 Å². The highest BCUT2D eigenvalue weighted by atomic mass is 16.5. The van der Waals surface area contributed by atoms with E-state index >= 15 is 0 Å². The first-order valence-corrected chi connectivity index (χ1v) is 9.93. The summed E-state index contributed by atoms with van der Waals surface area (Å²) in [6.07, 6.45) is 10.3. The van der Waals surface area contributed by atoms with E-state index in [9.17, 15) is 4.79 Å². The van der Waals surface area contributed by atoms with Crippen molar-refractivity contribution in [2.45, 2.75) is 57.4 Å². The first kappa shape index (κ1) is 18.2. The van der Waals surface area contributed by atoms with Crippen LogP contribution in [0.3, 0.4) is 0 Å². The predicted octanol–water partition coefficient (Wildman–Crippen LogP) is 3.76. The Morgan fingerprint density at radius 3 is 2.68 bits per heavy atom. The number of ether oxygens (including phenoxy) is 1. The number of hydrogen-bond donors (Lipinski definition) is 2. The molecule has 1 amide bonds. The van der Waals surface area contributed by atoms with Crippen LogP contribution in [0.4, 0.5) is 0 Å². The molecule has 0 heterocycles. The largest absolute Gasteiger partial charge is 0.493 e. The molecule has 4 heteroatoms. The van der Waals surface area contributed by atoms with Gasteiger partial charge in [-0.1, -0.05) is 38.2 Å². The molecule has 0 aliphatic heterocycles. The number of carbonyl (C=O) groups excluding carboxylic acids is 1. The van der Waals surface area contributed by atoms with Gasteiger partial charge in [0.05, 0.1) is 6.61 Å². The van der Waals surface area contributed by atoms with Gasteiger partial charge < -0.3 is 15.4 Å². The summed E-state index contributed by atoms with van der Waals surface area (Å²) in [6.45, 7) is 1.59. The summed E-state index contributed by atoms with van der Waals surface area (Å²) in [5.41, 5.74) is 0.693. The van der Waals surface area contributed by atoms with Crippen LogP contribution in [-0.2, 0) is 0 Å². The minimum absolute atomic E-state index is 0.00734. The Balaban J connectivity index is 1.54. The highest BCUT2D eigenvalue weighted by Gasteiger charge is 2.23. The van der Waals surface area contributed by atoms with Gasteiger partial charge in [-0.05, 0) is 56.3 Å². The SMILES string of the molecule is CNC[C@H](CC1CCCCC1)NC(=O)c1cccc(OCC2CC2)c1. The Labute approximate surface area is 151 Å². The van der Waals surface area contributed by atoms with E-state index in [0.717, 1.165) is 31.2 Å². The summed E-state index contributed by atoms with van der Waals surface area (Å²) in [6, 6.07) is 7.78. The number of benzene rings is 1. The van der Waals surface area contributed by atoms with Crippen LogP contribution in [0.15, 0.2) is 24.3 Å². The van der Waals surface area contributed by atoms with Gasteiger partial charge in [-0.2, -0.15) is 0 Å². The monoisotopic (exact) mass is 344 g/mol. The van der Waals surface area contributed by atoms with Gasteiger partial charge in [0.2, 0.25) is 0 Å². The standard InChI is InChI=1S/C21H32N2O2/c1-22-14-19(12-16-6-3-2-4-7-16)23-21(24)18-8-5-9-20(13-18)25-15-17-10-11-17/h5,8-9,13,16-17,19,22H,2-4,6-7,10-12,14-15H2,1H3,(H,23,24)/t19-/m0/s1. The Kier molecular flexibility index (Phi) is 6.74. The molecule has 2 saturated carbocycles. The molecule has 1 atom stereocenters. The molecular formula is C21H32N2O2. The second kappa shape index (κ2) is 9.23. The molecule has 2 N–H and O–H groups in total. The first-order valence-electron chi connectivity index (χ1n) is 9.93. The van der Waals surface area contributed by atoms with E-state index < -0.39 is 0 Å². The molecule has 0 aromatic heterocycles. The minimum Gasteiger partial charge on any atom is -0.493 e. The van der Waals surface area contributed by atoms with Gasteiger partial charge in [0, 0.05) is 18.2 Å². The molecule has 0 saturated heterocycles. The summed E-state index contributed by atoms with van der Waals surface area (Å²) in [7, 11) is 1.95. The van der Waals surface area contributed by atoms with Crippen molar-refractivity contribution in [3.63, 3.8) is 0 Å². The lowest BCUT2D eigenvalue weighted by molar-refractivity contribution is 0.0928. The zero-order chi connectivity index (χ0) is 17.5. The van der Waals surface area contributed by atoms with Crippen LogP contribution in [0.5, 0.6) is 5.75 Å². The topological polar surface area (TPSA) is 50.4 Å². The van der Waals surface area contributed by atoms with Crippen molar-refractivity contribution in [1.29, 1.82) is 0 Å². The lowest BCUT2D eigenvalue weighted by Gasteiger charge is -2.27. The molecule has 2 aliphatic carbocycles. The van der Waals surface area contributed by atoms with Crippen molar-refractivity contribution in [3.8, 4) is 5.75 Å². The smallest absolute Gasteiger partial charge is 0.251 e. The fourth-order valence-corrected chi connectivity index (χ4v) is 3.76. The van der Waals surface area contributed by atoms with Crippen LogP contribution in [0, 0.1) is 11.8 Å². The quantitative estimate of drug-likeness (QED) is 0.717. The molecule has 25 heavy (non-hydrogen) atoms. The van der Waals surface area contributed by atoms with Crippen LogP contribution in [0.1, 0.15) is 61.7 Å². The van der Waals surface area contributed by atoms with E-state index in [4.69, 9.17) is 4.74 Å². The maximum absolute atomic E-state index is 12.7. The van der Waals surface area contributed by atoms with Gasteiger partial charge in [0.25, 0.3) is 5.91 Å². The van der Waals surface area contributed by atoms with Gasteiger partial charge in [0.1, 0.15) is 5.75 Å². The Morgan fingerprint density at radius 2 is 1.96 bits per heavy atom. The number of nitrogens with one attached hydrogen (secondary N) is 2. The van der Waals surface area contributed by atoms with E-state index in [-0.39, 0.29) is 11.9 Å². The third-order valence-electron chi connectivity index (χ3n) is 5.41. The van der Waals surface area contributed by atoms with E-state index in [2.05, 4.69) is 10.6 Å². The molecule has 0 spiro atoms. The zero-order valence-corrected chi connectivity index (χ0v) is 15.4. The van der Waals surface area contributed by atoms with Crippen LogP contribution >= 0.6 is 0 Å². The fraction of sp³-hybridized carbons (Fsp3) is 0.667. The molecular weight excluding hydrogens is 312 g/mol. The molecule has 4 nitrogen and oxygen atoms in total. The lowest BCUT2D eigenvalue weighted by Crippen LogP contribution is -2.42. The van der Waals surface area contributed by atoms with Gasteiger partial charge >= 0.3 is 0 Å². The molecule has 1 aromatic rings. The number of likely N-dealkylation sites (N-methyl/N-ethyl adjacent to an activating group) is 1. The third kappa shape index (κ3) is 6.03. The second-order valence-electron chi connectivity index (χ2n) is 7.75. The average molecular weight is 344 g/mol. The van der Waals surface area contributed by atoms with E-state index in [1.165, 1.54) is 44.9 Å². The lowest BCUT2D eigenvalue weighted by atomic mass is 9.84. The molecule has 0 bridgehead atoms. The van der Waals surface area contributed by atoms with E-state index in [1.807, 2.05) is 31.3 Å². The Morgan fingerprint density at radius 1 is 1.16 bits per heavy atom. The summed E-state index contributed by atoms with van der Waals surface area (Å²) >= 11 is 0. The van der Waals surface area contributed by atoms with Gasteiger partial charge in [0.15, 0.2) is 0 Å². The number of rotatable bonds is 9. The van der Waals surface area contributed by atoms with Crippen molar-refractivity contribution in [2.24, 2.45) is 11.8 Å². The summed E-state index contributed by atoms with van der Waals surface area (Å²) < 4.78 is 5.80. The van der Waals surface area contributed by atoms with Gasteiger partial charge in [-0.3, -0.25) is 4.79 Å². The van der Waals surface area contributed by atoms with Gasteiger partial charge in [-0.15, -0.1) is 0 Å². The molecule has 2 aliphatic rings. The molecule has 1 aromatic carbocycles. The minimum atomic E-state index is 0.00734.